The van der Waals surface area contributed by atoms with E-state index in [-0.39, 0.29) is 0 Å². The van der Waals surface area contributed by atoms with E-state index in [2.05, 4.69) is 17.5 Å². The smallest absolute Gasteiger partial charge is 0.131 e. The average molecular weight is 313 g/mol. The summed E-state index contributed by atoms with van der Waals surface area (Å²) in [5, 5.41) is 0. The van der Waals surface area contributed by atoms with Crippen LogP contribution >= 0.6 is 11.5 Å². The van der Waals surface area contributed by atoms with Crippen LogP contribution < -0.4 is 9.47 Å². The largest absolute Gasteiger partial charge is 0.488 e. The number of rotatable bonds is 7. The molecule has 1 aromatic heterocycles. The lowest BCUT2D eigenvalue weighted by Gasteiger charge is -2.08. The number of nitrogens with zero attached hydrogens (tertiary/aromatic N) is 1. The Morgan fingerprint density at radius 1 is 1.23 bits per heavy atom. The Bertz CT molecular complexity index is 701. The van der Waals surface area contributed by atoms with E-state index in [0.29, 0.717) is 18.1 Å². The maximum absolute atomic E-state index is 5.75. The highest BCUT2D eigenvalue weighted by Gasteiger charge is 2.02. The fourth-order valence-electron chi connectivity index (χ4n) is 1.69. The molecular weight excluding hydrogens is 294 g/mol. The van der Waals surface area contributed by atoms with Gasteiger partial charge >= 0.3 is 0 Å². The molecule has 22 heavy (non-hydrogen) atoms. The van der Waals surface area contributed by atoms with Gasteiger partial charge in [0.15, 0.2) is 0 Å². The van der Waals surface area contributed by atoms with E-state index in [0.717, 1.165) is 21.9 Å². The second-order valence-electron chi connectivity index (χ2n) is 4.95. The number of aryl methyl sites for hydroxylation is 1. The molecule has 2 aromatic rings. The molecular formula is C18H19NO2S. The van der Waals surface area contributed by atoms with Crippen LogP contribution in [0.2, 0.25) is 0 Å². The van der Waals surface area contributed by atoms with Crippen LogP contribution in [0, 0.1) is 6.92 Å². The van der Waals surface area contributed by atoms with Gasteiger partial charge in [0.2, 0.25) is 0 Å². The van der Waals surface area contributed by atoms with Crippen molar-refractivity contribution < 1.29 is 9.47 Å². The predicted molar refractivity (Wildman–Crippen MR) is 91.3 cm³/mol. The van der Waals surface area contributed by atoms with Gasteiger partial charge in [-0.1, -0.05) is 30.9 Å². The van der Waals surface area contributed by atoms with Crippen LogP contribution in [0.1, 0.15) is 17.5 Å². The summed E-state index contributed by atoms with van der Waals surface area (Å²) in [6.07, 6.45) is 3.64. The molecule has 3 nitrogen and oxygen atoms in total. The highest BCUT2D eigenvalue weighted by molar-refractivity contribution is 7.05. The number of hydrogen-bond donors (Lipinski definition) is 0. The fourth-order valence-corrected chi connectivity index (χ4v) is 2.34. The summed E-state index contributed by atoms with van der Waals surface area (Å²) >= 11 is 1.46. The van der Waals surface area contributed by atoms with Gasteiger partial charge in [0.05, 0.1) is 10.6 Å². The van der Waals surface area contributed by atoms with Gasteiger partial charge in [0.1, 0.15) is 23.9 Å². The van der Waals surface area contributed by atoms with Crippen molar-refractivity contribution in [3.63, 3.8) is 0 Å². The zero-order valence-electron chi connectivity index (χ0n) is 12.8. The van der Waals surface area contributed by atoms with Crippen molar-refractivity contribution in [1.82, 2.24) is 4.37 Å². The van der Waals surface area contributed by atoms with Crippen molar-refractivity contribution in [2.24, 2.45) is 0 Å². The lowest BCUT2D eigenvalue weighted by atomic mass is 10.3. The monoisotopic (exact) mass is 313 g/mol. The van der Waals surface area contributed by atoms with E-state index in [4.69, 9.17) is 9.47 Å². The Hall–Kier alpha value is -2.33. The van der Waals surface area contributed by atoms with Gasteiger partial charge in [-0.3, -0.25) is 0 Å². The molecule has 0 saturated carbocycles. The lowest BCUT2D eigenvalue weighted by molar-refractivity contribution is 0.308. The molecule has 0 N–H and O–H groups in total. The van der Waals surface area contributed by atoms with Crippen LogP contribution in [0.25, 0.3) is 0 Å². The standard InChI is InChI=1S/C18H19NO2S/c1-13(2)8-9-15(4)21-17-7-5-6-16(11-17)20-12-18-10-14(3)19-22-18/h5-11H,1,4,12H2,2-3H3/b9-8-. The molecule has 2 rings (SSSR count). The highest BCUT2D eigenvalue weighted by atomic mass is 32.1. The summed E-state index contributed by atoms with van der Waals surface area (Å²) in [4.78, 5) is 1.10. The molecule has 1 aromatic carbocycles. The van der Waals surface area contributed by atoms with Crippen molar-refractivity contribution in [2.45, 2.75) is 20.5 Å². The Labute approximate surface area is 135 Å². The second-order valence-corrected chi connectivity index (χ2v) is 5.84. The average Bonchev–Trinajstić information content (AvgIpc) is 2.89. The Morgan fingerprint density at radius 2 is 2.00 bits per heavy atom. The van der Waals surface area contributed by atoms with E-state index >= 15 is 0 Å². The molecule has 0 unspecified atom stereocenters. The maximum Gasteiger partial charge on any atom is 0.131 e. The first-order chi connectivity index (χ1) is 10.5. The Balaban J connectivity index is 1.94. The minimum absolute atomic E-state index is 0.505. The van der Waals surface area contributed by atoms with Crippen LogP contribution in [0.3, 0.4) is 0 Å². The van der Waals surface area contributed by atoms with Crippen molar-refractivity contribution >= 4 is 11.5 Å². The van der Waals surface area contributed by atoms with Gasteiger partial charge in [0, 0.05) is 6.07 Å². The van der Waals surface area contributed by atoms with Crippen molar-refractivity contribution in [3.8, 4) is 11.5 Å². The molecule has 1 heterocycles. The number of aromatic nitrogens is 1. The molecule has 4 heteroatoms. The van der Waals surface area contributed by atoms with E-state index in [1.54, 1.807) is 6.08 Å². The first kappa shape index (κ1) is 16.0. The SMILES string of the molecule is C=C(C)/C=C\C(=C)Oc1cccc(OCc2cc(C)ns2)c1. The summed E-state index contributed by atoms with van der Waals surface area (Å²) < 4.78 is 15.6. The van der Waals surface area contributed by atoms with Crippen LogP contribution in [-0.4, -0.2) is 4.37 Å². The second kappa shape index (κ2) is 7.61. The fraction of sp³-hybridized carbons (Fsp3) is 0.167. The molecule has 0 amide bonds. The maximum atomic E-state index is 5.75. The predicted octanol–water partition coefficient (Wildman–Crippen LogP) is 5.06. The minimum atomic E-state index is 0.505. The van der Waals surface area contributed by atoms with Gasteiger partial charge in [-0.15, -0.1) is 0 Å². The van der Waals surface area contributed by atoms with Gasteiger partial charge < -0.3 is 9.47 Å². The quantitative estimate of drug-likeness (QED) is 0.529. The summed E-state index contributed by atoms with van der Waals surface area (Å²) in [7, 11) is 0. The van der Waals surface area contributed by atoms with Crippen molar-refractivity contribution in [3.05, 3.63) is 77.5 Å². The van der Waals surface area contributed by atoms with E-state index < -0.39 is 0 Å². The molecule has 0 atom stereocenters. The third-order valence-corrected chi connectivity index (χ3v) is 3.52. The third-order valence-electron chi connectivity index (χ3n) is 2.67. The van der Waals surface area contributed by atoms with Crippen molar-refractivity contribution in [2.75, 3.05) is 0 Å². The molecule has 0 saturated heterocycles. The molecule has 0 spiro atoms. The van der Waals surface area contributed by atoms with Crippen molar-refractivity contribution in [1.29, 1.82) is 0 Å². The highest BCUT2D eigenvalue weighted by Crippen LogP contribution is 2.23. The summed E-state index contributed by atoms with van der Waals surface area (Å²) in [6.45, 7) is 12.0. The Kier molecular flexibility index (Phi) is 5.55. The zero-order chi connectivity index (χ0) is 15.9. The minimum Gasteiger partial charge on any atom is -0.488 e. The number of hydrogen-bond acceptors (Lipinski definition) is 4. The summed E-state index contributed by atoms with van der Waals surface area (Å²) in [5.41, 5.74) is 1.96. The molecule has 0 bridgehead atoms. The molecule has 0 radical (unpaired) electrons. The molecule has 0 aliphatic carbocycles. The van der Waals surface area contributed by atoms with Gasteiger partial charge in [-0.2, -0.15) is 4.37 Å². The van der Waals surface area contributed by atoms with Crippen LogP contribution in [0.5, 0.6) is 11.5 Å². The van der Waals surface area contributed by atoms with Gasteiger partial charge in [0.25, 0.3) is 0 Å². The number of benzene rings is 1. The van der Waals surface area contributed by atoms with Crippen LogP contribution in [0.15, 0.2) is 67.0 Å². The molecule has 0 aliphatic heterocycles. The molecule has 0 aliphatic rings. The Morgan fingerprint density at radius 3 is 2.68 bits per heavy atom. The topological polar surface area (TPSA) is 31.4 Å². The summed E-state index contributed by atoms with van der Waals surface area (Å²) in [6, 6.07) is 9.51. The third kappa shape index (κ3) is 5.22. The molecule has 114 valence electrons. The van der Waals surface area contributed by atoms with E-state index in [9.17, 15) is 0 Å². The summed E-state index contributed by atoms with van der Waals surface area (Å²) in [5.74, 6) is 1.99. The van der Waals surface area contributed by atoms with Crippen LogP contribution in [-0.2, 0) is 6.61 Å². The number of allylic oxidation sites excluding steroid dienone is 3. The first-order valence-electron chi connectivity index (χ1n) is 6.88. The first-order valence-corrected chi connectivity index (χ1v) is 7.65. The van der Waals surface area contributed by atoms with Gasteiger partial charge in [-0.05, 0) is 49.7 Å². The zero-order valence-corrected chi connectivity index (χ0v) is 13.7. The number of ether oxygens (including phenoxy) is 2. The lowest BCUT2D eigenvalue weighted by Crippen LogP contribution is -1.94. The van der Waals surface area contributed by atoms with E-state index in [1.165, 1.54) is 11.5 Å². The molecule has 0 fully saturated rings. The van der Waals surface area contributed by atoms with Crippen LogP contribution in [0.4, 0.5) is 0 Å². The van der Waals surface area contributed by atoms with Gasteiger partial charge in [-0.25, -0.2) is 0 Å². The van der Waals surface area contributed by atoms with E-state index in [1.807, 2.05) is 50.3 Å². The normalized spacial score (nSPS) is 10.6.